The smallest absolute Gasteiger partial charge is 0.267 e. The van der Waals surface area contributed by atoms with Gasteiger partial charge in [0.15, 0.2) is 5.71 Å². The second-order valence-corrected chi connectivity index (χ2v) is 6.22. The number of aliphatic imine (C=N–C) groups is 2. The minimum absolute atomic E-state index is 0.277. The van der Waals surface area contributed by atoms with Crippen LogP contribution in [-0.4, -0.2) is 27.0 Å². The Balaban J connectivity index is 2.10. The van der Waals surface area contributed by atoms with Crippen LogP contribution < -0.4 is 4.90 Å². The third-order valence-electron chi connectivity index (χ3n) is 2.65. The largest absolute Gasteiger partial charge is 0.282 e. The molecule has 8 heteroatoms. The number of fused-ring (bicyclic) bond motifs is 1. The number of amides is 1. The van der Waals surface area contributed by atoms with E-state index in [0.717, 1.165) is 0 Å². The van der Waals surface area contributed by atoms with Crippen LogP contribution in [0.3, 0.4) is 0 Å². The van der Waals surface area contributed by atoms with Gasteiger partial charge in [-0.1, -0.05) is 23.4 Å². The van der Waals surface area contributed by atoms with E-state index in [-0.39, 0.29) is 11.6 Å². The van der Waals surface area contributed by atoms with Gasteiger partial charge in [0.1, 0.15) is 10.9 Å². The molecule has 1 aromatic rings. The summed E-state index contributed by atoms with van der Waals surface area (Å²) >= 11 is 11.7. The van der Waals surface area contributed by atoms with Gasteiger partial charge in [0.05, 0.1) is 5.88 Å². The van der Waals surface area contributed by atoms with Crippen LogP contribution in [0.4, 0.5) is 10.1 Å². The monoisotopic (exact) mass is 315 g/mol. The van der Waals surface area contributed by atoms with Gasteiger partial charge in [-0.25, -0.2) is 9.38 Å². The fourth-order valence-corrected chi connectivity index (χ4v) is 3.31. The van der Waals surface area contributed by atoms with Gasteiger partial charge in [0.25, 0.3) is 10.4 Å². The zero-order chi connectivity index (χ0) is 13.6. The van der Waals surface area contributed by atoms with Crippen molar-refractivity contribution in [1.82, 2.24) is 0 Å². The number of nitrogens with zero attached hydrogens (tertiary/aromatic N) is 3. The van der Waals surface area contributed by atoms with Crippen molar-refractivity contribution in [3.63, 3.8) is 0 Å². The summed E-state index contributed by atoms with van der Waals surface area (Å²) in [7, 11) is 0. The Morgan fingerprint density at radius 2 is 2.11 bits per heavy atom. The maximum absolute atomic E-state index is 12.9. The highest BCUT2D eigenvalue weighted by atomic mass is 35.5. The lowest BCUT2D eigenvalue weighted by Crippen LogP contribution is -2.52. The molecule has 2 aliphatic heterocycles. The Hall–Kier alpha value is -1.05. The number of halogens is 2. The molecule has 1 atom stereocenters. The third kappa shape index (κ3) is 2.15. The van der Waals surface area contributed by atoms with Crippen molar-refractivity contribution in [2.75, 3.05) is 10.8 Å². The molecule has 0 radical (unpaired) electrons. The van der Waals surface area contributed by atoms with Gasteiger partial charge in [0, 0.05) is 5.69 Å². The second-order valence-electron chi connectivity index (χ2n) is 3.87. The molecule has 3 rings (SSSR count). The number of rotatable bonds is 1. The molecule has 0 fully saturated rings. The highest BCUT2D eigenvalue weighted by molar-refractivity contribution is 8.16. The van der Waals surface area contributed by atoms with E-state index >= 15 is 0 Å². The molecule has 2 heterocycles. The van der Waals surface area contributed by atoms with Crippen molar-refractivity contribution >= 4 is 58.3 Å². The van der Waals surface area contributed by atoms with E-state index in [0.29, 0.717) is 16.6 Å². The third-order valence-corrected chi connectivity index (χ3v) is 4.02. The van der Waals surface area contributed by atoms with Crippen molar-refractivity contribution in [3.8, 4) is 0 Å². The molecule has 0 saturated carbocycles. The Morgan fingerprint density at radius 3 is 2.79 bits per heavy atom. The van der Waals surface area contributed by atoms with Crippen molar-refractivity contribution in [2.24, 2.45) is 9.98 Å². The van der Waals surface area contributed by atoms with Gasteiger partial charge < -0.3 is 0 Å². The van der Waals surface area contributed by atoms with Crippen molar-refractivity contribution in [2.45, 2.75) is 4.45 Å². The number of hydrogen-bond donors (Lipinski definition) is 1. The number of hydrogen-bond acceptors (Lipinski definition) is 5. The lowest BCUT2D eigenvalue weighted by atomic mass is 10.2. The fourth-order valence-electron chi connectivity index (χ4n) is 1.82. The predicted molar refractivity (Wildman–Crippen MR) is 78.8 cm³/mol. The molecular formula is C11H7ClFN3OS2. The summed E-state index contributed by atoms with van der Waals surface area (Å²) in [6.45, 7) is 0. The number of anilines is 1. The molecule has 19 heavy (non-hydrogen) atoms. The molecule has 0 N–H and O–H groups in total. The van der Waals surface area contributed by atoms with Crippen LogP contribution in [0.1, 0.15) is 0 Å². The molecule has 0 saturated heterocycles. The number of thioether (sulfide) groups is 1. The highest BCUT2D eigenvalue weighted by Gasteiger charge is 2.45. The number of carbonyl (C=O) groups excluding carboxylic acids is 1. The van der Waals surface area contributed by atoms with Gasteiger partial charge in [0.2, 0.25) is 0 Å². The SMILES string of the molecule is O=C1C2=NCSC2=NC(S)(Cl)N1c1ccc(F)cc1. The number of thiol groups is 1. The van der Waals surface area contributed by atoms with Crippen LogP contribution in [0.2, 0.25) is 0 Å². The van der Waals surface area contributed by atoms with E-state index in [1.54, 1.807) is 0 Å². The first-order chi connectivity index (χ1) is 8.99. The second kappa shape index (κ2) is 4.50. The molecule has 1 aromatic carbocycles. The number of alkyl halides is 1. The van der Waals surface area contributed by atoms with Crippen LogP contribution in [0.15, 0.2) is 34.3 Å². The zero-order valence-corrected chi connectivity index (χ0v) is 11.8. The van der Waals surface area contributed by atoms with E-state index in [4.69, 9.17) is 11.6 Å². The van der Waals surface area contributed by atoms with Crippen molar-refractivity contribution in [3.05, 3.63) is 30.1 Å². The first-order valence-corrected chi connectivity index (χ1v) is 7.09. The summed E-state index contributed by atoms with van der Waals surface area (Å²) in [5.41, 5.74) is 0.693. The van der Waals surface area contributed by atoms with Gasteiger partial charge >= 0.3 is 0 Å². The summed E-state index contributed by atoms with van der Waals surface area (Å²) in [5.74, 6) is -0.338. The van der Waals surface area contributed by atoms with Crippen LogP contribution in [0.25, 0.3) is 0 Å². The predicted octanol–water partition coefficient (Wildman–Crippen LogP) is 2.50. The summed E-state index contributed by atoms with van der Waals surface area (Å²) in [5, 5.41) is 0.494. The Bertz CT molecular complexity index is 615. The highest BCUT2D eigenvalue weighted by Crippen LogP contribution is 2.38. The Labute approximate surface area is 123 Å². The lowest BCUT2D eigenvalue weighted by molar-refractivity contribution is -0.112. The van der Waals surface area contributed by atoms with Crippen LogP contribution in [0, 0.1) is 5.82 Å². The first-order valence-electron chi connectivity index (χ1n) is 5.28. The standard InChI is InChI=1S/C11H7ClFN3OS2/c12-11(18)15-9-8(14-5-19-9)10(17)16(11)7-3-1-6(13)2-4-7/h1-4,18H,5H2. The van der Waals surface area contributed by atoms with Crippen molar-refractivity contribution in [1.29, 1.82) is 0 Å². The summed E-state index contributed by atoms with van der Waals surface area (Å²) < 4.78 is 11.4. The quantitative estimate of drug-likeness (QED) is 0.491. The Morgan fingerprint density at radius 1 is 1.42 bits per heavy atom. The maximum Gasteiger partial charge on any atom is 0.282 e. The Kier molecular flexibility index (Phi) is 3.07. The van der Waals surface area contributed by atoms with Crippen molar-refractivity contribution < 1.29 is 9.18 Å². The van der Waals surface area contributed by atoms with Crippen LogP contribution in [-0.2, 0) is 4.79 Å². The minimum atomic E-state index is -1.53. The molecule has 0 aromatic heterocycles. The lowest BCUT2D eigenvalue weighted by Gasteiger charge is -2.35. The number of carbonyl (C=O) groups is 1. The van der Waals surface area contributed by atoms with E-state index in [1.807, 2.05) is 0 Å². The van der Waals surface area contributed by atoms with E-state index in [9.17, 15) is 9.18 Å². The molecule has 0 spiro atoms. The fraction of sp³-hybridized carbons (Fsp3) is 0.182. The topological polar surface area (TPSA) is 45.0 Å². The molecule has 0 bridgehead atoms. The van der Waals surface area contributed by atoms with Gasteiger partial charge in [-0.3, -0.25) is 14.7 Å². The average Bonchev–Trinajstić information content (AvgIpc) is 2.78. The normalized spacial score (nSPS) is 26.1. The molecular weight excluding hydrogens is 309 g/mol. The van der Waals surface area contributed by atoms with Gasteiger partial charge in [-0.05, 0) is 24.3 Å². The molecule has 0 aliphatic carbocycles. The van der Waals surface area contributed by atoms with E-state index in [1.165, 1.54) is 40.9 Å². The molecule has 98 valence electrons. The number of benzene rings is 1. The maximum atomic E-state index is 12.9. The van der Waals surface area contributed by atoms with E-state index in [2.05, 4.69) is 22.6 Å². The molecule has 4 nitrogen and oxygen atoms in total. The average molecular weight is 316 g/mol. The summed E-state index contributed by atoms with van der Waals surface area (Å²) in [4.78, 5) is 21.9. The van der Waals surface area contributed by atoms with E-state index < -0.39 is 10.3 Å². The molecule has 1 amide bonds. The van der Waals surface area contributed by atoms with Crippen LogP contribution >= 0.6 is 36.0 Å². The molecule has 2 aliphatic rings. The summed E-state index contributed by atoms with van der Waals surface area (Å²) in [6.07, 6.45) is 0. The minimum Gasteiger partial charge on any atom is -0.267 e. The van der Waals surface area contributed by atoms with Gasteiger partial charge in [-0.2, -0.15) is 0 Å². The van der Waals surface area contributed by atoms with Crippen LogP contribution in [0.5, 0.6) is 0 Å². The zero-order valence-electron chi connectivity index (χ0n) is 9.38. The summed E-state index contributed by atoms with van der Waals surface area (Å²) in [6, 6.07) is 5.38. The molecule has 1 unspecified atom stereocenters. The van der Waals surface area contributed by atoms with Gasteiger partial charge in [-0.15, -0.1) is 12.6 Å². The first kappa shape index (κ1) is 13.0.